The molecule has 2 N–H and O–H groups in total. The molecule has 1 aliphatic rings. The summed E-state index contributed by atoms with van der Waals surface area (Å²) in [7, 11) is 0. The Balaban J connectivity index is 2.83. The van der Waals surface area contributed by atoms with Crippen molar-refractivity contribution in [3.8, 4) is 0 Å². The fourth-order valence-corrected chi connectivity index (χ4v) is 3.75. The predicted molar refractivity (Wildman–Crippen MR) is 89.7 cm³/mol. The zero-order chi connectivity index (χ0) is 14.3. The van der Waals surface area contributed by atoms with Gasteiger partial charge in [-0.2, -0.15) is 12.6 Å². The highest BCUT2D eigenvalue weighted by atomic mass is 32.1. The molecule has 0 saturated heterocycles. The molecule has 0 heterocycles. The first-order chi connectivity index (χ1) is 9.09. The van der Waals surface area contributed by atoms with E-state index in [4.69, 9.17) is 5.73 Å². The van der Waals surface area contributed by atoms with Gasteiger partial charge in [-0.05, 0) is 68.1 Å². The van der Waals surface area contributed by atoms with E-state index >= 15 is 0 Å². The molecule has 1 rings (SSSR count). The van der Waals surface area contributed by atoms with Crippen LogP contribution in [0.15, 0.2) is 11.6 Å². The van der Waals surface area contributed by atoms with Crippen molar-refractivity contribution in [1.82, 2.24) is 0 Å². The molecule has 19 heavy (non-hydrogen) atoms. The lowest BCUT2D eigenvalue weighted by Gasteiger charge is -2.39. The second kappa shape index (κ2) is 8.36. The summed E-state index contributed by atoms with van der Waals surface area (Å²) in [5.41, 5.74) is 8.07. The number of hydrogen-bond acceptors (Lipinski definition) is 2. The molecule has 0 aliphatic heterocycles. The molecule has 1 aliphatic carbocycles. The molecule has 0 spiro atoms. The van der Waals surface area contributed by atoms with Gasteiger partial charge in [0.05, 0.1) is 0 Å². The lowest BCUT2D eigenvalue weighted by atomic mass is 9.68. The minimum Gasteiger partial charge on any atom is -0.330 e. The Morgan fingerprint density at radius 3 is 2.58 bits per heavy atom. The minimum atomic E-state index is 0.320. The van der Waals surface area contributed by atoms with Gasteiger partial charge in [-0.15, -0.1) is 0 Å². The molecular formula is C17H33NS. The van der Waals surface area contributed by atoms with Gasteiger partial charge in [0.15, 0.2) is 0 Å². The molecule has 3 unspecified atom stereocenters. The van der Waals surface area contributed by atoms with Crippen LogP contribution in [0.2, 0.25) is 0 Å². The zero-order valence-electron chi connectivity index (χ0n) is 13.1. The summed E-state index contributed by atoms with van der Waals surface area (Å²) in [6.07, 6.45) is 11.4. The van der Waals surface area contributed by atoms with Gasteiger partial charge in [0.2, 0.25) is 0 Å². The topological polar surface area (TPSA) is 26.0 Å². The summed E-state index contributed by atoms with van der Waals surface area (Å²) >= 11 is 4.52. The standard InChI is InChI=1S/C17H33NS/c1-4-7-14-10-15(12-19)8-6-9-16(11-14)17(3,5-2)13-18/h7,15-16,19H,4-6,8-13,18H2,1-3H3/b14-7+. The molecule has 0 aromatic carbocycles. The van der Waals surface area contributed by atoms with Gasteiger partial charge in [0.25, 0.3) is 0 Å². The van der Waals surface area contributed by atoms with Crippen LogP contribution in [0.1, 0.15) is 65.7 Å². The number of thiol groups is 1. The molecule has 0 amide bonds. The van der Waals surface area contributed by atoms with E-state index in [1.807, 2.05) is 0 Å². The Labute approximate surface area is 125 Å². The summed E-state index contributed by atoms with van der Waals surface area (Å²) in [4.78, 5) is 0. The Kier molecular flexibility index (Phi) is 7.53. The van der Waals surface area contributed by atoms with Crippen LogP contribution < -0.4 is 5.73 Å². The molecule has 1 saturated carbocycles. The molecule has 0 bridgehead atoms. The molecule has 2 heteroatoms. The van der Waals surface area contributed by atoms with Gasteiger partial charge in [-0.3, -0.25) is 0 Å². The lowest BCUT2D eigenvalue weighted by molar-refractivity contribution is 0.160. The van der Waals surface area contributed by atoms with E-state index in [-0.39, 0.29) is 0 Å². The molecule has 1 fully saturated rings. The summed E-state index contributed by atoms with van der Waals surface area (Å²) in [6.45, 7) is 7.76. The Morgan fingerprint density at radius 2 is 2.05 bits per heavy atom. The second-order valence-corrected chi connectivity index (χ2v) is 6.93. The highest BCUT2D eigenvalue weighted by Crippen LogP contribution is 2.41. The highest BCUT2D eigenvalue weighted by Gasteiger charge is 2.32. The van der Waals surface area contributed by atoms with E-state index in [1.54, 1.807) is 5.57 Å². The Morgan fingerprint density at radius 1 is 1.32 bits per heavy atom. The van der Waals surface area contributed by atoms with Gasteiger partial charge in [0.1, 0.15) is 0 Å². The van der Waals surface area contributed by atoms with E-state index in [9.17, 15) is 0 Å². The smallest absolute Gasteiger partial charge is 0.00205 e. The van der Waals surface area contributed by atoms with Crippen LogP contribution in [-0.2, 0) is 0 Å². The van der Waals surface area contributed by atoms with E-state index in [0.29, 0.717) is 5.41 Å². The second-order valence-electron chi connectivity index (χ2n) is 6.57. The van der Waals surface area contributed by atoms with Crippen LogP contribution in [0.3, 0.4) is 0 Å². The van der Waals surface area contributed by atoms with Gasteiger partial charge in [0, 0.05) is 0 Å². The maximum Gasteiger partial charge on any atom is -0.00205 e. The Bertz CT molecular complexity index is 281. The van der Waals surface area contributed by atoms with Crippen molar-refractivity contribution in [3.05, 3.63) is 11.6 Å². The quantitative estimate of drug-likeness (QED) is 0.549. The summed E-state index contributed by atoms with van der Waals surface area (Å²) in [6, 6.07) is 0. The van der Waals surface area contributed by atoms with E-state index in [1.165, 1.54) is 38.5 Å². The maximum absolute atomic E-state index is 6.08. The van der Waals surface area contributed by atoms with Gasteiger partial charge < -0.3 is 5.73 Å². The van der Waals surface area contributed by atoms with E-state index < -0.39 is 0 Å². The SMILES string of the molecule is CC/C=C1\CC(CS)CCCC(C(C)(CC)CN)C1. The van der Waals surface area contributed by atoms with Crippen molar-refractivity contribution in [2.75, 3.05) is 12.3 Å². The third kappa shape index (κ3) is 4.82. The van der Waals surface area contributed by atoms with Gasteiger partial charge in [-0.25, -0.2) is 0 Å². The summed E-state index contributed by atoms with van der Waals surface area (Å²) in [5, 5.41) is 0. The molecule has 1 nitrogen and oxygen atoms in total. The van der Waals surface area contributed by atoms with Crippen molar-refractivity contribution < 1.29 is 0 Å². The molecule has 112 valence electrons. The first-order valence-corrected chi connectivity index (χ1v) is 8.71. The third-order valence-corrected chi connectivity index (χ3v) is 5.75. The van der Waals surface area contributed by atoms with Crippen LogP contribution in [0, 0.1) is 17.3 Å². The third-order valence-electron chi connectivity index (χ3n) is 5.23. The molecule has 0 aromatic heterocycles. The van der Waals surface area contributed by atoms with Crippen LogP contribution >= 0.6 is 12.6 Å². The first kappa shape index (κ1) is 17.1. The van der Waals surface area contributed by atoms with E-state index in [2.05, 4.69) is 39.5 Å². The lowest BCUT2D eigenvalue weighted by Crippen LogP contribution is -2.35. The summed E-state index contributed by atoms with van der Waals surface area (Å²) in [5.74, 6) is 2.59. The van der Waals surface area contributed by atoms with Crippen molar-refractivity contribution in [1.29, 1.82) is 0 Å². The predicted octanol–water partition coefficient (Wildman–Crippen LogP) is 4.82. The minimum absolute atomic E-state index is 0.320. The number of allylic oxidation sites excluding steroid dienone is 2. The van der Waals surface area contributed by atoms with Crippen molar-refractivity contribution in [3.63, 3.8) is 0 Å². The van der Waals surface area contributed by atoms with Crippen molar-refractivity contribution >= 4 is 12.6 Å². The number of nitrogens with two attached hydrogens (primary N) is 1. The van der Waals surface area contributed by atoms with Crippen LogP contribution in [0.4, 0.5) is 0 Å². The fourth-order valence-electron chi connectivity index (χ4n) is 3.43. The molecule has 0 radical (unpaired) electrons. The highest BCUT2D eigenvalue weighted by molar-refractivity contribution is 7.80. The molecular weight excluding hydrogens is 250 g/mol. The normalized spacial score (nSPS) is 30.7. The van der Waals surface area contributed by atoms with Gasteiger partial charge >= 0.3 is 0 Å². The average Bonchev–Trinajstić information content (AvgIpc) is 2.40. The van der Waals surface area contributed by atoms with Crippen LogP contribution in [0.5, 0.6) is 0 Å². The summed E-state index contributed by atoms with van der Waals surface area (Å²) < 4.78 is 0. The maximum atomic E-state index is 6.08. The van der Waals surface area contributed by atoms with Crippen molar-refractivity contribution in [2.24, 2.45) is 23.0 Å². The van der Waals surface area contributed by atoms with E-state index in [0.717, 1.165) is 30.6 Å². The molecule has 3 atom stereocenters. The average molecular weight is 284 g/mol. The largest absolute Gasteiger partial charge is 0.330 e. The molecule has 0 aromatic rings. The van der Waals surface area contributed by atoms with Crippen LogP contribution in [-0.4, -0.2) is 12.3 Å². The monoisotopic (exact) mass is 283 g/mol. The Hall–Kier alpha value is 0.0500. The fraction of sp³-hybridized carbons (Fsp3) is 0.882. The number of hydrogen-bond donors (Lipinski definition) is 2. The van der Waals surface area contributed by atoms with Crippen LogP contribution in [0.25, 0.3) is 0 Å². The first-order valence-electron chi connectivity index (χ1n) is 8.08. The zero-order valence-corrected chi connectivity index (χ0v) is 14.0. The van der Waals surface area contributed by atoms with Crippen molar-refractivity contribution in [2.45, 2.75) is 65.7 Å². The number of rotatable bonds is 5. The van der Waals surface area contributed by atoms with Gasteiger partial charge in [-0.1, -0.05) is 38.8 Å².